The maximum Gasteiger partial charge on any atom is 0.255 e. The van der Waals surface area contributed by atoms with E-state index in [1.54, 1.807) is 37.3 Å². The summed E-state index contributed by atoms with van der Waals surface area (Å²) < 4.78 is 1.84. The molecule has 132 valence electrons. The summed E-state index contributed by atoms with van der Waals surface area (Å²) in [6.45, 7) is 5.70. The number of rotatable bonds is 4. The van der Waals surface area contributed by atoms with Crippen molar-refractivity contribution < 1.29 is 9.59 Å². The summed E-state index contributed by atoms with van der Waals surface area (Å²) >= 11 is 0. The molecule has 0 radical (unpaired) electrons. The van der Waals surface area contributed by atoms with E-state index >= 15 is 0 Å². The minimum absolute atomic E-state index is 0.226. The van der Waals surface area contributed by atoms with Crippen LogP contribution in [0, 0.1) is 20.8 Å². The second-order valence-corrected chi connectivity index (χ2v) is 6.23. The molecular weight excluding hydrogens is 328 g/mol. The Labute approximate surface area is 151 Å². The number of amides is 2. The monoisotopic (exact) mass is 348 g/mol. The van der Waals surface area contributed by atoms with E-state index in [1.807, 2.05) is 36.7 Å². The van der Waals surface area contributed by atoms with Crippen LogP contribution in [0.25, 0.3) is 5.69 Å². The van der Waals surface area contributed by atoms with Gasteiger partial charge in [0.2, 0.25) is 5.91 Å². The fourth-order valence-electron chi connectivity index (χ4n) is 2.87. The van der Waals surface area contributed by atoms with Crippen molar-refractivity contribution in [2.75, 3.05) is 5.32 Å². The average Bonchev–Trinajstić information content (AvgIpc) is 2.93. The molecule has 0 fully saturated rings. The molecule has 0 atom stereocenters. The number of carbonyl (C=O) groups is 2. The van der Waals surface area contributed by atoms with Gasteiger partial charge in [0.05, 0.1) is 11.4 Å². The fraction of sp³-hybridized carbons (Fsp3) is 0.150. The first kappa shape index (κ1) is 17.4. The van der Waals surface area contributed by atoms with E-state index in [1.165, 1.54) is 0 Å². The lowest BCUT2D eigenvalue weighted by atomic mass is 10.1. The number of aromatic nitrogens is 2. The van der Waals surface area contributed by atoms with Gasteiger partial charge in [-0.1, -0.05) is 0 Å². The zero-order chi connectivity index (χ0) is 18.8. The Morgan fingerprint density at radius 3 is 2.23 bits per heavy atom. The third-order valence-corrected chi connectivity index (χ3v) is 4.13. The van der Waals surface area contributed by atoms with Gasteiger partial charge in [-0.05, 0) is 74.9 Å². The number of anilines is 1. The van der Waals surface area contributed by atoms with Crippen LogP contribution in [-0.2, 0) is 0 Å². The largest absolute Gasteiger partial charge is 0.366 e. The predicted octanol–water partition coefficient (Wildman–Crippen LogP) is 3.15. The summed E-state index contributed by atoms with van der Waals surface area (Å²) in [4.78, 5) is 23.7. The van der Waals surface area contributed by atoms with Gasteiger partial charge >= 0.3 is 0 Å². The molecule has 0 aliphatic heterocycles. The minimum atomic E-state index is -0.486. The number of hydrogen-bond donors (Lipinski definition) is 2. The number of aryl methyl sites for hydroxylation is 3. The Bertz CT molecular complexity index is 988. The molecule has 26 heavy (non-hydrogen) atoms. The highest BCUT2D eigenvalue weighted by molar-refractivity contribution is 6.04. The number of benzene rings is 2. The van der Waals surface area contributed by atoms with Crippen molar-refractivity contribution in [3.05, 3.63) is 76.6 Å². The minimum Gasteiger partial charge on any atom is -0.366 e. The second-order valence-electron chi connectivity index (χ2n) is 6.23. The lowest BCUT2D eigenvalue weighted by Crippen LogP contribution is -2.15. The van der Waals surface area contributed by atoms with Gasteiger partial charge in [0.1, 0.15) is 0 Å². The van der Waals surface area contributed by atoms with Crippen molar-refractivity contribution in [3.63, 3.8) is 0 Å². The molecule has 3 aromatic rings. The predicted molar refractivity (Wildman–Crippen MR) is 101 cm³/mol. The molecular formula is C20H20N4O2. The van der Waals surface area contributed by atoms with Crippen molar-refractivity contribution in [1.29, 1.82) is 0 Å². The summed E-state index contributed by atoms with van der Waals surface area (Å²) in [5.41, 5.74) is 10.5. The van der Waals surface area contributed by atoms with E-state index in [0.717, 1.165) is 22.6 Å². The van der Waals surface area contributed by atoms with E-state index < -0.39 is 5.91 Å². The van der Waals surface area contributed by atoms with Gasteiger partial charge in [-0.15, -0.1) is 0 Å². The Morgan fingerprint density at radius 2 is 1.69 bits per heavy atom. The number of hydrogen-bond acceptors (Lipinski definition) is 3. The van der Waals surface area contributed by atoms with Crippen LogP contribution in [0.15, 0.2) is 48.5 Å². The first-order valence-corrected chi connectivity index (χ1v) is 8.20. The number of primary amides is 1. The van der Waals surface area contributed by atoms with Crippen molar-refractivity contribution in [1.82, 2.24) is 9.78 Å². The van der Waals surface area contributed by atoms with E-state index in [4.69, 9.17) is 5.73 Å². The molecule has 6 heteroatoms. The van der Waals surface area contributed by atoms with Crippen LogP contribution in [-0.4, -0.2) is 21.6 Å². The Kier molecular flexibility index (Phi) is 4.58. The maximum atomic E-state index is 12.4. The van der Waals surface area contributed by atoms with Crippen LogP contribution in [0.4, 0.5) is 5.69 Å². The molecule has 1 heterocycles. The Hall–Kier alpha value is -3.41. The first-order valence-electron chi connectivity index (χ1n) is 8.20. The molecule has 2 amide bonds. The van der Waals surface area contributed by atoms with Gasteiger partial charge in [0.15, 0.2) is 0 Å². The number of nitrogens with two attached hydrogens (primary N) is 1. The van der Waals surface area contributed by atoms with Crippen molar-refractivity contribution in [2.45, 2.75) is 20.8 Å². The Balaban J connectivity index is 1.77. The zero-order valence-corrected chi connectivity index (χ0v) is 14.9. The Morgan fingerprint density at radius 1 is 1.00 bits per heavy atom. The summed E-state index contributed by atoms with van der Waals surface area (Å²) in [5.74, 6) is -0.712. The maximum absolute atomic E-state index is 12.4. The summed E-state index contributed by atoms with van der Waals surface area (Å²) in [7, 11) is 0. The van der Waals surface area contributed by atoms with E-state index in [2.05, 4.69) is 10.4 Å². The molecule has 3 rings (SSSR count). The van der Waals surface area contributed by atoms with Crippen LogP contribution >= 0.6 is 0 Å². The molecule has 0 saturated heterocycles. The summed E-state index contributed by atoms with van der Waals surface area (Å²) in [6.07, 6.45) is 0. The highest BCUT2D eigenvalue weighted by Gasteiger charge is 2.10. The molecule has 0 bridgehead atoms. The smallest absolute Gasteiger partial charge is 0.255 e. The standard InChI is InChI=1S/C20H20N4O2/c1-12-10-16(6-9-18(12)19(21)25)22-20(26)15-4-7-17(8-5-15)24-14(3)11-13(2)23-24/h4-11H,1-3H3,(H2,21,25)(H,22,26). The van der Waals surface area contributed by atoms with Crippen molar-refractivity contribution >= 4 is 17.5 Å². The lowest BCUT2D eigenvalue weighted by molar-refractivity contribution is 0.0997. The van der Waals surface area contributed by atoms with Gasteiger partial charge < -0.3 is 11.1 Å². The molecule has 0 aliphatic rings. The topological polar surface area (TPSA) is 90.0 Å². The van der Waals surface area contributed by atoms with Crippen LogP contribution in [0.3, 0.4) is 0 Å². The molecule has 1 aromatic heterocycles. The molecule has 3 N–H and O–H groups in total. The normalized spacial score (nSPS) is 10.6. The molecule has 0 saturated carbocycles. The van der Waals surface area contributed by atoms with Gasteiger partial charge in [-0.25, -0.2) is 4.68 Å². The van der Waals surface area contributed by atoms with Crippen LogP contribution in [0.5, 0.6) is 0 Å². The third kappa shape index (κ3) is 3.49. The van der Waals surface area contributed by atoms with Gasteiger partial charge in [-0.2, -0.15) is 5.10 Å². The second kappa shape index (κ2) is 6.84. The summed E-state index contributed by atoms with van der Waals surface area (Å²) in [6, 6.07) is 14.2. The first-order chi connectivity index (χ1) is 12.3. The third-order valence-electron chi connectivity index (χ3n) is 4.13. The molecule has 6 nitrogen and oxygen atoms in total. The lowest BCUT2D eigenvalue weighted by Gasteiger charge is -2.09. The van der Waals surface area contributed by atoms with E-state index in [0.29, 0.717) is 16.8 Å². The van der Waals surface area contributed by atoms with Crippen molar-refractivity contribution in [3.8, 4) is 5.69 Å². The van der Waals surface area contributed by atoms with Crippen LogP contribution in [0.1, 0.15) is 37.7 Å². The van der Waals surface area contributed by atoms with E-state index in [-0.39, 0.29) is 5.91 Å². The fourth-order valence-corrected chi connectivity index (χ4v) is 2.87. The molecule has 0 unspecified atom stereocenters. The highest BCUT2D eigenvalue weighted by Crippen LogP contribution is 2.17. The van der Waals surface area contributed by atoms with Gasteiger partial charge in [0, 0.05) is 22.5 Å². The SMILES string of the molecule is Cc1cc(C)n(-c2ccc(C(=O)Nc3ccc(C(N)=O)c(C)c3)cc2)n1. The quantitative estimate of drug-likeness (QED) is 0.759. The number of nitrogens with zero attached hydrogens (tertiary/aromatic N) is 2. The molecule has 2 aromatic carbocycles. The van der Waals surface area contributed by atoms with Gasteiger partial charge in [-0.3, -0.25) is 9.59 Å². The zero-order valence-electron chi connectivity index (χ0n) is 14.9. The molecule has 0 aliphatic carbocycles. The van der Waals surface area contributed by atoms with Crippen molar-refractivity contribution in [2.24, 2.45) is 5.73 Å². The average molecular weight is 348 g/mol. The van der Waals surface area contributed by atoms with Crippen LogP contribution in [0.2, 0.25) is 0 Å². The van der Waals surface area contributed by atoms with Crippen LogP contribution < -0.4 is 11.1 Å². The molecule has 0 spiro atoms. The number of carbonyl (C=O) groups excluding carboxylic acids is 2. The van der Waals surface area contributed by atoms with E-state index in [9.17, 15) is 9.59 Å². The van der Waals surface area contributed by atoms with Gasteiger partial charge in [0.25, 0.3) is 5.91 Å². The number of nitrogens with one attached hydrogen (secondary N) is 1. The highest BCUT2D eigenvalue weighted by atomic mass is 16.2. The summed E-state index contributed by atoms with van der Waals surface area (Å²) in [5, 5.41) is 7.26.